The molecule has 0 N–H and O–H groups in total. The highest BCUT2D eigenvalue weighted by Crippen LogP contribution is 2.28. The molecule has 0 aliphatic rings. The van der Waals surface area contributed by atoms with Crippen LogP contribution in [0.4, 0.5) is 0 Å². The lowest BCUT2D eigenvalue weighted by Gasteiger charge is -2.07. The first-order chi connectivity index (χ1) is 12.7. The molecule has 4 aromatic rings. The van der Waals surface area contributed by atoms with Gasteiger partial charge in [0.1, 0.15) is 23.2 Å². The van der Waals surface area contributed by atoms with E-state index in [1.165, 1.54) is 11.9 Å². The molecule has 0 spiro atoms. The summed E-state index contributed by atoms with van der Waals surface area (Å²) < 4.78 is 13.2. The van der Waals surface area contributed by atoms with Crippen LogP contribution in [0.15, 0.2) is 61.1 Å². The van der Waals surface area contributed by atoms with E-state index in [0.717, 1.165) is 16.8 Å². The Balaban J connectivity index is 1.67. The average molecular weight is 346 g/mol. The summed E-state index contributed by atoms with van der Waals surface area (Å²) in [5.41, 5.74) is 2.83. The Morgan fingerprint density at radius 2 is 1.65 bits per heavy atom. The summed E-state index contributed by atoms with van der Waals surface area (Å²) in [6.45, 7) is 4.63. The maximum absolute atomic E-state index is 5.93. The fourth-order valence-electron chi connectivity index (χ4n) is 2.66. The van der Waals surface area contributed by atoms with Gasteiger partial charge >= 0.3 is 0 Å². The van der Waals surface area contributed by atoms with E-state index >= 15 is 0 Å². The van der Waals surface area contributed by atoms with E-state index in [2.05, 4.69) is 22.0 Å². The molecule has 0 saturated heterocycles. The van der Waals surface area contributed by atoms with Gasteiger partial charge in [-0.2, -0.15) is 5.10 Å². The summed E-state index contributed by atoms with van der Waals surface area (Å²) in [7, 11) is 0. The van der Waals surface area contributed by atoms with Crippen LogP contribution in [0.5, 0.6) is 17.4 Å². The zero-order valence-electron chi connectivity index (χ0n) is 14.6. The Kier molecular flexibility index (Phi) is 4.23. The number of rotatable bonds is 5. The smallest absolute Gasteiger partial charge is 0.233 e. The fourth-order valence-corrected chi connectivity index (χ4v) is 2.66. The number of hydrogen-bond donors (Lipinski definition) is 0. The summed E-state index contributed by atoms with van der Waals surface area (Å²) in [6, 6.07) is 15.5. The summed E-state index contributed by atoms with van der Waals surface area (Å²) in [5.74, 6) is 1.95. The SMILES string of the molecule is CCOc1ccc(Oc2ncnc3c2cnn3-c2ccc(C)cc2)cc1. The third-order valence-electron chi connectivity index (χ3n) is 3.96. The van der Waals surface area contributed by atoms with Gasteiger partial charge in [0.05, 0.1) is 18.5 Å². The van der Waals surface area contributed by atoms with E-state index in [1.54, 1.807) is 10.9 Å². The summed E-state index contributed by atoms with van der Waals surface area (Å²) in [6.07, 6.45) is 3.21. The normalized spacial score (nSPS) is 10.8. The van der Waals surface area contributed by atoms with Gasteiger partial charge in [0.2, 0.25) is 5.88 Å². The molecule has 2 aromatic carbocycles. The maximum Gasteiger partial charge on any atom is 0.233 e. The molecular weight excluding hydrogens is 328 g/mol. The second kappa shape index (κ2) is 6.84. The van der Waals surface area contributed by atoms with Crippen molar-refractivity contribution in [2.75, 3.05) is 6.61 Å². The molecule has 0 saturated carbocycles. The predicted octanol–water partition coefficient (Wildman–Crippen LogP) is 4.31. The topological polar surface area (TPSA) is 62.1 Å². The molecule has 0 unspecified atom stereocenters. The zero-order chi connectivity index (χ0) is 17.9. The van der Waals surface area contributed by atoms with Crippen LogP contribution in [0.2, 0.25) is 0 Å². The van der Waals surface area contributed by atoms with Crippen molar-refractivity contribution in [1.29, 1.82) is 0 Å². The molecule has 130 valence electrons. The van der Waals surface area contributed by atoms with Gasteiger partial charge in [-0.3, -0.25) is 0 Å². The van der Waals surface area contributed by atoms with Crippen LogP contribution >= 0.6 is 0 Å². The van der Waals surface area contributed by atoms with Crippen molar-refractivity contribution in [3.63, 3.8) is 0 Å². The molecule has 0 radical (unpaired) electrons. The van der Waals surface area contributed by atoms with Gasteiger partial charge in [-0.15, -0.1) is 0 Å². The Bertz CT molecular complexity index is 1020. The lowest BCUT2D eigenvalue weighted by molar-refractivity contribution is 0.339. The molecule has 6 heteroatoms. The molecule has 6 nitrogen and oxygen atoms in total. The Morgan fingerprint density at radius 1 is 0.923 bits per heavy atom. The largest absolute Gasteiger partial charge is 0.494 e. The molecule has 2 heterocycles. The van der Waals surface area contributed by atoms with Crippen LogP contribution in [0.1, 0.15) is 12.5 Å². The van der Waals surface area contributed by atoms with Crippen molar-refractivity contribution in [3.8, 4) is 23.1 Å². The minimum atomic E-state index is 0.470. The van der Waals surface area contributed by atoms with Crippen LogP contribution in [0.3, 0.4) is 0 Å². The van der Waals surface area contributed by atoms with Crippen molar-refractivity contribution in [2.45, 2.75) is 13.8 Å². The third kappa shape index (κ3) is 3.09. The Hall–Kier alpha value is -3.41. The van der Waals surface area contributed by atoms with Crippen LogP contribution < -0.4 is 9.47 Å². The first-order valence-electron chi connectivity index (χ1n) is 8.41. The lowest BCUT2D eigenvalue weighted by atomic mass is 10.2. The molecule has 0 amide bonds. The van der Waals surface area contributed by atoms with E-state index in [4.69, 9.17) is 9.47 Å². The van der Waals surface area contributed by atoms with E-state index in [0.29, 0.717) is 23.9 Å². The summed E-state index contributed by atoms with van der Waals surface area (Å²) in [4.78, 5) is 8.63. The number of hydrogen-bond acceptors (Lipinski definition) is 5. The second-order valence-electron chi connectivity index (χ2n) is 5.81. The van der Waals surface area contributed by atoms with Crippen LogP contribution in [-0.2, 0) is 0 Å². The van der Waals surface area contributed by atoms with Crippen molar-refractivity contribution in [2.24, 2.45) is 0 Å². The number of benzene rings is 2. The number of aromatic nitrogens is 4. The highest BCUT2D eigenvalue weighted by Gasteiger charge is 2.13. The quantitative estimate of drug-likeness (QED) is 0.539. The minimum absolute atomic E-state index is 0.470. The van der Waals surface area contributed by atoms with E-state index in [1.807, 2.05) is 55.5 Å². The zero-order valence-corrected chi connectivity index (χ0v) is 14.6. The van der Waals surface area contributed by atoms with Gasteiger partial charge in [-0.05, 0) is 50.2 Å². The molecule has 2 aromatic heterocycles. The predicted molar refractivity (Wildman–Crippen MR) is 99.1 cm³/mol. The number of ether oxygens (including phenoxy) is 2. The molecule has 0 atom stereocenters. The summed E-state index contributed by atoms with van der Waals surface area (Å²) in [5, 5.41) is 5.20. The Morgan fingerprint density at radius 3 is 2.38 bits per heavy atom. The second-order valence-corrected chi connectivity index (χ2v) is 5.81. The molecule has 0 bridgehead atoms. The van der Waals surface area contributed by atoms with Gasteiger partial charge < -0.3 is 9.47 Å². The van der Waals surface area contributed by atoms with Gasteiger partial charge in [-0.25, -0.2) is 14.6 Å². The van der Waals surface area contributed by atoms with Gasteiger partial charge in [0.25, 0.3) is 0 Å². The van der Waals surface area contributed by atoms with Crippen molar-refractivity contribution in [1.82, 2.24) is 19.7 Å². The fraction of sp³-hybridized carbons (Fsp3) is 0.150. The van der Waals surface area contributed by atoms with Gasteiger partial charge in [0.15, 0.2) is 5.65 Å². The van der Waals surface area contributed by atoms with E-state index in [-0.39, 0.29) is 0 Å². The monoisotopic (exact) mass is 346 g/mol. The summed E-state index contributed by atoms with van der Waals surface area (Å²) >= 11 is 0. The highest BCUT2D eigenvalue weighted by molar-refractivity contribution is 5.81. The third-order valence-corrected chi connectivity index (χ3v) is 3.96. The maximum atomic E-state index is 5.93. The van der Waals surface area contributed by atoms with Crippen LogP contribution in [-0.4, -0.2) is 26.4 Å². The first-order valence-corrected chi connectivity index (χ1v) is 8.41. The Labute approximate surface area is 151 Å². The average Bonchev–Trinajstić information content (AvgIpc) is 3.09. The highest BCUT2D eigenvalue weighted by atomic mass is 16.5. The van der Waals surface area contributed by atoms with Crippen molar-refractivity contribution >= 4 is 11.0 Å². The molecule has 4 rings (SSSR count). The van der Waals surface area contributed by atoms with Crippen LogP contribution in [0, 0.1) is 6.92 Å². The van der Waals surface area contributed by atoms with Gasteiger partial charge in [0, 0.05) is 0 Å². The van der Waals surface area contributed by atoms with Crippen molar-refractivity contribution < 1.29 is 9.47 Å². The van der Waals surface area contributed by atoms with E-state index < -0.39 is 0 Å². The molecule has 0 aliphatic carbocycles. The van der Waals surface area contributed by atoms with Crippen LogP contribution in [0.25, 0.3) is 16.7 Å². The minimum Gasteiger partial charge on any atom is -0.494 e. The van der Waals surface area contributed by atoms with E-state index in [9.17, 15) is 0 Å². The number of fused-ring (bicyclic) bond motifs is 1. The first kappa shape index (κ1) is 16.1. The molecule has 0 fully saturated rings. The number of aryl methyl sites for hydroxylation is 1. The standard InChI is InChI=1S/C20H18N4O2/c1-3-25-16-8-10-17(11-9-16)26-20-18-12-23-24(19(18)21-13-22-20)15-6-4-14(2)5-7-15/h4-13H,3H2,1-2H3. The van der Waals surface area contributed by atoms with Crippen molar-refractivity contribution in [3.05, 3.63) is 66.6 Å². The molecule has 0 aliphatic heterocycles. The lowest BCUT2D eigenvalue weighted by Crippen LogP contribution is -1.98. The molecular formula is C20H18N4O2. The van der Waals surface area contributed by atoms with Gasteiger partial charge in [-0.1, -0.05) is 17.7 Å². The number of nitrogens with zero attached hydrogens (tertiary/aromatic N) is 4. The molecule has 26 heavy (non-hydrogen) atoms.